The number of piperidine rings is 1. The van der Waals surface area contributed by atoms with Gasteiger partial charge in [-0.3, -0.25) is 24.5 Å². The largest absolute Gasteiger partial charge is 0.330 e. The van der Waals surface area contributed by atoms with E-state index in [4.69, 9.17) is 1.37 Å². The van der Waals surface area contributed by atoms with Gasteiger partial charge in [0.15, 0.2) is 0 Å². The smallest absolute Gasteiger partial charge is 0.322 e. The molecule has 2 heterocycles. The summed E-state index contributed by atoms with van der Waals surface area (Å²) in [5.41, 5.74) is 1.80. The van der Waals surface area contributed by atoms with Gasteiger partial charge in [0.1, 0.15) is 6.02 Å². The van der Waals surface area contributed by atoms with Crippen molar-refractivity contribution in [3.05, 3.63) is 70.3 Å². The number of rotatable bonds is 6. The van der Waals surface area contributed by atoms with E-state index in [-0.39, 0.29) is 36.8 Å². The zero-order valence-corrected chi connectivity index (χ0v) is 19.9. The first-order valence-electron chi connectivity index (χ1n) is 12.0. The molecular formula is C27H28F2N2O4. The van der Waals surface area contributed by atoms with Crippen LogP contribution < -0.4 is 5.32 Å². The summed E-state index contributed by atoms with van der Waals surface area (Å²) in [6.45, 7) is 5.91. The summed E-state index contributed by atoms with van der Waals surface area (Å²) < 4.78 is 38.2. The average Bonchev–Trinajstić information content (AvgIpc) is 3.16. The van der Waals surface area contributed by atoms with E-state index in [2.05, 4.69) is 5.32 Å². The minimum Gasteiger partial charge on any atom is -0.322 e. The van der Waals surface area contributed by atoms with Crippen LogP contribution in [0.5, 0.6) is 0 Å². The molecule has 2 aromatic rings. The standard InChI is InChI=1S/C27H28F2N2O4/c1-26(2,3)18-6-8-19(9-7-18)27(28,29)22(32)12-5-16-4-10-20-17(14-16)15-31(25(20)35)21-11-13-23(33)30-24(21)34/h4,6-10,14,21H,5,11-13,15H2,1-3H3,(H,30,33,34)/i21D. The van der Waals surface area contributed by atoms with Crippen LogP contribution in [0.25, 0.3) is 0 Å². The Labute approximate surface area is 204 Å². The molecule has 0 spiro atoms. The van der Waals surface area contributed by atoms with Crippen molar-refractivity contribution in [2.45, 2.75) is 70.4 Å². The van der Waals surface area contributed by atoms with E-state index in [1.165, 1.54) is 18.2 Å². The van der Waals surface area contributed by atoms with Crippen LogP contribution in [0.3, 0.4) is 0 Å². The highest BCUT2D eigenvalue weighted by molar-refractivity contribution is 6.05. The monoisotopic (exact) mass is 483 g/mol. The van der Waals surface area contributed by atoms with Crippen LogP contribution in [0.1, 0.15) is 74.0 Å². The number of nitrogens with one attached hydrogen (secondary N) is 1. The van der Waals surface area contributed by atoms with Gasteiger partial charge < -0.3 is 4.90 Å². The molecular weight excluding hydrogens is 454 g/mol. The van der Waals surface area contributed by atoms with E-state index in [1.54, 1.807) is 24.3 Å². The lowest BCUT2D eigenvalue weighted by atomic mass is 9.86. The normalized spacial score (nSPS) is 21.0. The van der Waals surface area contributed by atoms with Crippen molar-refractivity contribution in [1.82, 2.24) is 10.2 Å². The number of carbonyl (C=O) groups excluding carboxylic acids is 4. The first kappa shape index (κ1) is 23.3. The summed E-state index contributed by atoms with van der Waals surface area (Å²) in [4.78, 5) is 50.2. The number of imide groups is 1. The molecule has 35 heavy (non-hydrogen) atoms. The summed E-state index contributed by atoms with van der Waals surface area (Å²) >= 11 is 0. The highest BCUT2D eigenvalue weighted by atomic mass is 19.3. The number of benzene rings is 2. The summed E-state index contributed by atoms with van der Waals surface area (Å²) in [5.74, 6) is -6.65. The third-order valence-corrected chi connectivity index (χ3v) is 6.51. The Balaban J connectivity index is 1.44. The molecule has 2 aliphatic heterocycles. The summed E-state index contributed by atoms with van der Waals surface area (Å²) in [6, 6.07) is 8.67. The first-order valence-corrected chi connectivity index (χ1v) is 11.5. The van der Waals surface area contributed by atoms with Crippen molar-refractivity contribution in [1.29, 1.82) is 0 Å². The Kier molecular flexibility index (Phi) is 5.99. The summed E-state index contributed by atoms with van der Waals surface area (Å²) in [5, 5.41) is 2.11. The van der Waals surface area contributed by atoms with E-state index in [0.29, 0.717) is 16.7 Å². The number of aryl methyl sites for hydroxylation is 1. The Morgan fingerprint density at radius 3 is 2.37 bits per heavy atom. The van der Waals surface area contributed by atoms with Crippen LogP contribution in [0.4, 0.5) is 8.78 Å². The van der Waals surface area contributed by atoms with Crippen molar-refractivity contribution in [3.63, 3.8) is 0 Å². The average molecular weight is 484 g/mol. The van der Waals surface area contributed by atoms with Gasteiger partial charge in [0.25, 0.3) is 5.91 Å². The number of carbonyl (C=O) groups is 4. The molecule has 1 atom stereocenters. The van der Waals surface area contributed by atoms with Crippen molar-refractivity contribution < 1.29 is 29.3 Å². The maximum Gasteiger partial charge on any atom is 0.330 e. The van der Waals surface area contributed by atoms with Gasteiger partial charge in [-0.2, -0.15) is 8.78 Å². The SMILES string of the molecule is [2H]C1(N2Cc3cc(CCC(=O)C(F)(F)c4ccc(C(C)(C)C)cc4)ccc3C2=O)CCC(=O)NC1=O. The number of fused-ring (bicyclic) bond motifs is 1. The lowest BCUT2D eigenvalue weighted by molar-refractivity contribution is -0.144. The molecule has 0 aromatic heterocycles. The fourth-order valence-electron chi connectivity index (χ4n) is 4.37. The van der Waals surface area contributed by atoms with Gasteiger partial charge in [0, 0.05) is 30.5 Å². The van der Waals surface area contributed by atoms with Crippen molar-refractivity contribution >= 4 is 23.5 Å². The van der Waals surface area contributed by atoms with Crippen molar-refractivity contribution in [3.8, 4) is 0 Å². The third kappa shape index (κ3) is 4.88. The minimum atomic E-state index is -3.62. The number of nitrogens with zero attached hydrogens (tertiary/aromatic N) is 1. The van der Waals surface area contributed by atoms with Gasteiger partial charge in [-0.15, -0.1) is 0 Å². The molecule has 184 valence electrons. The van der Waals surface area contributed by atoms with Gasteiger partial charge in [-0.1, -0.05) is 57.2 Å². The van der Waals surface area contributed by atoms with Gasteiger partial charge >= 0.3 is 5.92 Å². The number of hydrogen-bond donors (Lipinski definition) is 1. The highest BCUT2D eigenvalue weighted by Crippen LogP contribution is 2.33. The van der Waals surface area contributed by atoms with Crippen LogP contribution in [0, 0.1) is 0 Å². The molecule has 1 saturated heterocycles. The zero-order valence-electron chi connectivity index (χ0n) is 20.9. The van der Waals surface area contributed by atoms with E-state index in [9.17, 15) is 28.0 Å². The van der Waals surface area contributed by atoms with Crippen LogP contribution in [0.15, 0.2) is 42.5 Å². The van der Waals surface area contributed by atoms with Crippen LogP contribution >= 0.6 is 0 Å². The second-order valence-electron chi connectivity index (χ2n) is 10.0. The molecule has 8 heteroatoms. The fourth-order valence-corrected chi connectivity index (χ4v) is 4.37. The predicted octanol–water partition coefficient (Wildman–Crippen LogP) is 4.04. The molecule has 2 aromatic carbocycles. The van der Waals surface area contributed by atoms with Crippen LogP contribution in [-0.4, -0.2) is 34.4 Å². The summed E-state index contributed by atoms with van der Waals surface area (Å²) in [6.07, 6.45) is -0.491. The second kappa shape index (κ2) is 8.98. The van der Waals surface area contributed by atoms with E-state index >= 15 is 0 Å². The molecule has 2 aliphatic rings. The Morgan fingerprint density at radius 2 is 1.74 bits per heavy atom. The van der Waals surface area contributed by atoms with E-state index in [1.807, 2.05) is 20.8 Å². The lowest BCUT2D eigenvalue weighted by Gasteiger charge is -2.29. The fraction of sp³-hybridized carbons (Fsp3) is 0.407. The van der Waals surface area contributed by atoms with Crippen LogP contribution in [0.2, 0.25) is 0 Å². The number of halogens is 2. The van der Waals surface area contributed by atoms with Gasteiger partial charge in [-0.25, -0.2) is 0 Å². The molecule has 6 nitrogen and oxygen atoms in total. The Hall–Kier alpha value is -3.42. The molecule has 1 unspecified atom stereocenters. The van der Waals surface area contributed by atoms with Crippen molar-refractivity contribution in [2.75, 3.05) is 0 Å². The minimum absolute atomic E-state index is 0.0165. The van der Waals surface area contributed by atoms with E-state index < -0.39 is 41.9 Å². The molecule has 0 saturated carbocycles. The molecule has 0 aliphatic carbocycles. The Bertz CT molecular complexity index is 1250. The van der Waals surface area contributed by atoms with Gasteiger partial charge in [0.2, 0.25) is 17.6 Å². The number of ketones is 1. The maximum absolute atomic E-state index is 14.8. The number of alkyl halides is 2. The number of amides is 3. The van der Waals surface area contributed by atoms with Crippen molar-refractivity contribution in [2.24, 2.45) is 0 Å². The molecule has 1 fully saturated rings. The molecule has 4 rings (SSSR count). The van der Waals surface area contributed by atoms with E-state index in [0.717, 1.165) is 10.5 Å². The quantitative estimate of drug-likeness (QED) is 0.629. The molecule has 1 N–H and O–H groups in total. The topological polar surface area (TPSA) is 83.6 Å². The van der Waals surface area contributed by atoms with Gasteiger partial charge in [-0.05, 0) is 41.0 Å². The molecule has 0 radical (unpaired) electrons. The highest BCUT2D eigenvalue weighted by Gasteiger charge is 2.41. The van der Waals surface area contributed by atoms with Crippen LogP contribution in [-0.2, 0) is 38.7 Å². The molecule has 0 bridgehead atoms. The predicted molar refractivity (Wildman–Crippen MR) is 125 cm³/mol. The second-order valence-corrected chi connectivity index (χ2v) is 10.0. The van der Waals surface area contributed by atoms with Gasteiger partial charge in [0.05, 0.1) is 1.37 Å². The maximum atomic E-state index is 14.8. The Morgan fingerprint density at radius 1 is 1.09 bits per heavy atom. The number of hydrogen-bond acceptors (Lipinski definition) is 4. The molecule has 3 amide bonds. The first-order chi connectivity index (χ1) is 16.7. The number of Topliss-reactive ketones (excluding diaryl/α,β-unsaturated/α-hetero) is 1. The zero-order chi connectivity index (χ0) is 26.5. The third-order valence-electron chi connectivity index (χ3n) is 6.51. The lowest BCUT2D eigenvalue weighted by Crippen LogP contribution is -2.52. The summed E-state index contributed by atoms with van der Waals surface area (Å²) in [7, 11) is 0.